The van der Waals surface area contributed by atoms with E-state index in [1.165, 1.54) is 9.80 Å². The third-order valence-corrected chi connectivity index (χ3v) is 6.88. The number of amides is 2. The summed E-state index contributed by atoms with van der Waals surface area (Å²) in [7, 11) is 0. The fourth-order valence-corrected chi connectivity index (χ4v) is 5.29. The third-order valence-electron chi connectivity index (χ3n) is 6.88. The van der Waals surface area contributed by atoms with Gasteiger partial charge in [-0.2, -0.15) is 0 Å². The number of fused-ring (bicyclic) bond motifs is 1. The van der Waals surface area contributed by atoms with E-state index in [9.17, 15) is 24.9 Å². The number of ether oxygens (including phenoxy) is 1. The molecule has 0 bridgehead atoms. The first-order chi connectivity index (χ1) is 17.6. The van der Waals surface area contributed by atoms with E-state index in [4.69, 9.17) is 4.74 Å². The minimum absolute atomic E-state index is 0.0685. The van der Waals surface area contributed by atoms with E-state index in [-0.39, 0.29) is 19.5 Å². The molecule has 0 spiro atoms. The van der Waals surface area contributed by atoms with Crippen LogP contribution in [-0.2, 0) is 16.9 Å². The fourth-order valence-electron chi connectivity index (χ4n) is 5.29. The second kappa shape index (κ2) is 10.4. The molecule has 1 fully saturated rings. The quantitative estimate of drug-likeness (QED) is 0.426. The van der Waals surface area contributed by atoms with E-state index in [1.807, 2.05) is 24.3 Å². The Labute approximate surface area is 216 Å². The number of carbonyl (C=O) groups excluding carboxylic acids is 1. The number of aliphatic hydroxyl groups excluding tert-OH is 2. The Morgan fingerprint density at radius 3 is 2.41 bits per heavy atom. The van der Waals surface area contributed by atoms with Crippen molar-refractivity contribution in [2.24, 2.45) is 0 Å². The average molecular weight is 507 g/mol. The van der Waals surface area contributed by atoms with Crippen molar-refractivity contribution in [3.63, 3.8) is 0 Å². The van der Waals surface area contributed by atoms with E-state index in [0.717, 1.165) is 16.3 Å². The largest absolute Gasteiger partial charge is 0.489 e. The van der Waals surface area contributed by atoms with Crippen LogP contribution in [0.1, 0.15) is 38.3 Å². The highest BCUT2D eigenvalue weighted by Crippen LogP contribution is 2.43. The van der Waals surface area contributed by atoms with Crippen LogP contribution in [-0.4, -0.2) is 68.5 Å². The number of hydrogen-bond acceptors (Lipinski definition) is 5. The lowest BCUT2D eigenvalue weighted by Gasteiger charge is -2.46. The van der Waals surface area contributed by atoms with Gasteiger partial charge in [0, 0.05) is 25.0 Å². The van der Waals surface area contributed by atoms with Crippen LogP contribution >= 0.6 is 0 Å². The van der Waals surface area contributed by atoms with Crippen molar-refractivity contribution >= 4 is 22.8 Å². The average Bonchev–Trinajstić information content (AvgIpc) is 3.17. The van der Waals surface area contributed by atoms with Crippen LogP contribution in [0.2, 0.25) is 0 Å². The van der Waals surface area contributed by atoms with Crippen LogP contribution in [0.4, 0.5) is 4.79 Å². The lowest BCUT2D eigenvalue weighted by molar-refractivity contribution is -0.142. The SMILES string of the molecule is CC(C)(C)N(C(=O)O)C1(c2ccc(OCc3cccc4ccccc34)cc2)CCN(CC(O)CO)C1=O. The minimum atomic E-state index is -1.46. The molecule has 0 aliphatic carbocycles. The van der Waals surface area contributed by atoms with Gasteiger partial charge in [-0.15, -0.1) is 0 Å². The summed E-state index contributed by atoms with van der Waals surface area (Å²) in [5.41, 5.74) is -0.759. The summed E-state index contributed by atoms with van der Waals surface area (Å²) in [5.74, 6) is 0.184. The number of hydrogen-bond donors (Lipinski definition) is 3. The van der Waals surface area contributed by atoms with Gasteiger partial charge in [0.2, 0.25) is 0 Å². The van der Waals surface area contributed by atoms with Gasteiger partial charge in [0.1, 0.15) is 12.4 Å². The second-order valence-corrected chi connectivity index (χ2v) is 10.4. The molecule has 3 aromatic rings. The van der Waals surface area contributed by atoms with Gasteiger partial charge in [-0.05, 0) is 54.8 Å². The molecule has 0 aromatic heterocycles. The normalized spacial score (nSPS) is 18.7. The van der Waals surface area contributed by atoms with Crippen LogP contribution < -0.4 is 4.74 Å². The zero-order valence-corrected chi connectivity index (χ0v) is 21.4. The Balaban J connectivity index is 1.64. The molecule has 2 unspecified atom stereocenters. The number of carboxylic acid groups (broad SMARTS) is 1. The molecule has 8 nitrogen and oxygen atoms in total. The highest BCUT2D eigenvalue weighted by Gasteiger charge is 2.57. The van der Waals surface area contributed by atoms with Crippen LogP contribution in [0.3, 0.4) is 0 Å². The lowest BCUT2D eigenvalue weighted by Crippen LogP contribution is -2.61. The van der Waals surface area contributed by atoms with Gasteiger partial charge in [0.15, 0.2) is 5.54 Å². The van der Waals surface area contributed by atoms with Crippen molar-refractivity contribution in [3.8, 4) is 5.75 Å². The maximum Gasteiger partial charge on any atom is 0.408 e. The zero-order valence-electron chi connectivity index (χ0n) is 21.4. The molecule has 1 heterocycles. The molecule has 0 radical (unpaired) electrons. The van der Waals surface area contributed by atoms with E-state index in [1.54, 1.807) is 45.0 Å². The molecule has 0 saturated carbocycles. The first-order valence-electron chi connectivity index (χ1n) is 12.4. The number of benzene rings is 3. The Morgan fingerprint density at radius 2 is 1.76 bits per heavy atom. The Hall–Kier alpha value is -3.62. The molecule has 3 aromatic carbocycles. The van der Waals surface area contributed by atoms with Crippen molar-refractivity contribution in [2.45, 2.75) is 51.0 Å². The molecule has 4 rings (SSSR count). The molecular formula is C29H34N2O6. The van der Waals surface area contributed by atoms with Crippen molar-refractivity contribution in [1.82, 2.24) is 9.80 Å². The molecule has 8 heteroatoms. The molecule has 2 amide bonds. The fraction of sp³-hybridized carbons (Fsp3) is 0.379. The van der Waals surface area contributed by atoms with Crippen molar-refractivity contribution < 1.29 is 29.6 Å². The van der Waals surface area contributed by atoms with E-state index >= 15 is 0 Å². The van der Waals surface area contributed by atoms with Gasteiger partial charge in [-0.25, -0.2) is 4.79 Å². The molecule has 1 saturated heterocycles. The summed E-state index contributed by atoms with van der Waals surface area (Å²) in [6.07, 6.45) is -2.08. The van der Waals surface area contributed by atoms with Gasteiger partial charge in [-0.3, -0.25) is 9.69 Å². The molecule has 1 aliphatic heterocycles. The van der Waals surface area contributed by atoms with Crippen LogP contribution in [0.25, 0.3) is 10.8 Å². The van der Waals surface area contributed by atoms with Crippen LogP contribution in [0.5, 0.6) is 5.75 Å². The number of carbonyl (C=O) groups is 2. The Bertz CT molecular complexity index is 1260. The minimum Gasteiger partial charge on any atom is -0.489 e. The maximum atomic E-state index is 13.8. The van der Waals surface area contributed by atoms with Gasteiger partial charge in [0.05, 0.1) is 12.7 Å². The Morgan fingerprint density at radius 1 is 1.08 bits per heavy atom. The number of β-amino-alcohol motifs (C(OH)–C–C–N with tert-alkyl or cyclic N) is 1. The lowest BCUT2D eigenvalue weighted by atomic mass is 9.83. The predicted octanol–water partition coefficient (Wildman–Crippen LogP) is 3.98. The summed E-state index contributed by atoms with van der Waals surface area (Å²) < 4.78 is 6.05. The highest BCUT2D eigenvalue weighted by molar-refractivity contribution is 5.93. The summed E-state index contributed by atoms with van der Waals surface area (Å²) in [6, 6.07) is 21.1. The van der Waals surface area contributed by atoms with Crippen LogP contribution in [0.15, 0.2) is 66.7 Å². The van der Waals surface area contributed by atoms with Crippen molar-refractivity contribution in [1.29, 1.82) is 0 Å². The molecule has 2 atom stereocenters. The highest BCUT2D eigenvalue weighted by atomic mass is 16.5. The zero-order chi connectivity index (χ0) is 26.8. The predicted molar refractivity (Wildman–Crippen MR) is 140 cm³/mol. The first kappa shape index (κ1) is 26.4. The Kier molecular flexibility index (Phi) is 7.43. The topological polar surface area (TPSA) is 111 Å². The molecule has 3 N–H and O–H groups in total. The number of aliphatic hydroxyl groups is 2. The number of rotatable bonds is 8. The summed E-state index contributed by atoms with van der Waals surface area (Å²) in [4.78, 5) is 28.9. The maximum absolute atomic E-state index is 13.8. The number of nitrogens with zero attached hydrogens (tertiary/aromatic N) is 2. The molecule has 1 aliphatic rings. The van der Waals surface area contributed by atoms with E-state index in [2.05, 4.69) is 18.2 Å². The van der Waals surface area contributed by atoms with E-state index in [0.29, 0.717) is 17.9 Å². The second-order valence-electron chi connectivity index (χ2n) is 10.4. The summed E-state index contributed by atoms with van der Waals surface area (Å²) >= 11 is 0. The van der Waals surface area contributed by atoms with Gasteiger partial charge in [0.25, 0.3) is 5.91 Å². The summed E-state index contributed by atoms with van der Waals surface area (Å²) in [5, 5.41) is 31.7. The monoisotopic (exact) mass is 506 g/mol. The van der Waals surface area contributed by atoms with Crippen molar-refractivity contribution in [3.05, 3.63) is 77.9 Å². The molecule has 37 heavy (non-hydrogen) atoms. The third kappa shape index (κ3) is 5.12. The first-order valence-corrected chi connectivity index (χ1v) is 12.4. The van der Waals surface area contributed by atoms with Gasteiger partial charge >= 0.3 is 6.09 Å². The van der Waals surface area contributed by atoms with E-state index < -0.39 is 35.8 Å². The smallest absolute Gasteiger partial charge is 0.408 e. The standard InChI is InChI=1S/C29H34N2O6/c1-28(2,3)31(27(35)36)29(15-16-30(26(29)34)17-23(33)18-32)22-11-13-24(14-12-22)37-19-21-9-6-8-20-7-4-5-10-25(20)21/h4-14,23,32-33H,15-19H2,1-3H3,(H,35,36). The van der Waals surface area contributed by atoms with Crippen molar-refractivity contribution in [2.75, 3.05) is 19.7 Å². The van der Waals surface area contributed by atoms with Gasteiger partial charge in [-0.1, -0.05) is 54.6 Å². The molecular weight excluding hydrogens is 472 g/mol. The summed E-state index contributed by atoms with van der Waals surface area (Å²) in [6.45, 7) is 5.33. The van der Waals surface area contributed by atoms with Crippen LogP contribution in [0, 0.1) is 0 Å². The number of likely N-dealkylation sites (tertiary alicyclic amines) is 1. The van der Waals surface area contributed by atoms with Gasteiger partial charge < -0.3 is 25.0 Å². The molecule has 196 valence electrons.